The number of piperidine rings is 1. The molecule has 5 rings (SSSR count). The zero-order chi connectivity index (χ0) is 25.1. The van der Waals surface area contributed by atoms with Gasteiger partial charge in [-0.1, -0.05) is 12.1 Å². The number of amides is 2. The molecule has 0 unspecified atom stereocenters. The molecule has 0 N–H and O–H groups in total. The lowest BCUT2D eigenvalue weighted by molar-refractivity contribution is -0.131. The number of rotatable bonds is 5. The number of carbonyl (C=O) groups excluding carboxylic acids is 2. The first kappa shape index (κ1) is 24.4. The quantitative estimate of drug-likeness (QED) is 0.513. The molecule has 2 fully saturated rings. The fourth-order valence-corrected chi connectivity index (χ4v) is 5.78. The normalized spacial score (nSPS) is 16.9. The van der Waals surface area contributed by atoms with E-state index in [9.17, 15) is 18.4 Å². The van der Waals surface area contributed by atoms with E-state index in [4.69, 9.17) is 0 Å². The average Bonchev–Trinajstić information content (AvgIpc) is 3.41. The first-order chi connectivity index (χ1) is 17.5. The summed E-state index contributed by atoms with van der Waals surface area (Å²) in [5.74, 6) is -0.325. The van der Waals surface area contributed by atoms with Crippen molar-refractivity contribution in [2.75, 3.05) is 44.2 Å². The Morgan fingerprint density at radius 1 is 0.833 bits per heavy atom. The van der Waals surface area contributed by atoms with Gasteiger partial charge in [0.2, 0.25) is 5.91 Å². The zero-order valence-corrected chi connectivity index (χ0v) is 20.7. The maximum absolute atomic E-state index is 13.2. The van der Waals surface area contributed by atoms with Crippen molar-refractivity contribution in [3.05, 3.63) is 81.8 Å². The van der Waals surface area contributed by atoms with E-state index in [1.165, 1.54) is 35.6 Å². The standard InChI is InChI=1S/C27H28F2N4O2S/c28-21-3-1-19(2-4-21)17-25(34)32-11-9-20(10-12-32)26-30-24(18-36-26)27(35)33-15-13-31(14-16-33)23-7-5-22(29)6-8-23/h1-8,18,20H,9-17H2. The summed E-state index contributed by atoms with van der Waals surface area (Å²) in [5.41, 5.74) is 2.26. The van der Waals surface area contributed by atoms with Crippen molar-refractivity contribution in [3.8, 4) is 0 Å². The number of carbonyl (C=O) groups is 2. The second-order valence-electron chi connectivity index (χ2n) is 9.28. The number of anilines is 1. The van der Waals surface area contributed by atoms with E-state index in [0.29, 0.717) is 45.0 Å². The monoisotopic (exact) mass is 510 g/mol. The van der Waals surface area contributed by atoms with Gasteiger partial charge in [-0.3, -0.25) is 9.59 Å². The molecule has 2 aromatic carbocycles. The van der Waals surface area contributed by atoms with Crippen molar-refractivity contribution >= 4 is 28.8 Å². The summed E-state index contributed by atoms with van der Waals surface area (Å²) in [6.45, 7) is 3.88. The molecule has 36 heavy (non-hydrogen) atoms. The van der Waals surface area contributed by atoms with Crippen LogP contribution in [0.4, 0.5) is 14.5 Å². The van der Waals surface area contributed by atoms with Crippen molar-refractivity contribution in [3.63, 3.8) is 0 Å². The largest absolute Gasteiger partial charge is 0.368 e. The average molecular weight is 511 g/mol. The molecule has 0 atom stereocenters. The Labute approximate surface area is 213 Å². The maximum atomic E-state index is 13.2. The Hall–Kier alpha value is -3.33. The van der Waals surface area contributed by atoms with Crippen molar-refractivity contribution in [2.45, 2.75) is 25.2 Å². The van der Waals surface area contributed by atoms with Crippen LogP contribution in [0, 0.1) is 11.6 Å². The van der Waals surface area contributed by atoms with Gasteiger partial charge in [0.05, 0.1) is 11.4 Å². The first-order valence-corrected chi connectivity index (χ1v) is 13.1. The topological polar surface area (TPSA) is 56.8 Å². The van der Waals surface area contributed by atoms with E-state index in [2.05, 4.69) is 9.88 Å². The Balaban J connectivity index is 1.11. The number of likely N-dealkylation sites (tertiary alicyclic amines) is 1. The molecule has 0 saturated carbocycles. The third-order valence-electron chi connectivity index (χ3n) is 6.97. The van der Waals surface area contributed by atoms with E-state index < -0.39 is 0 Å². The number of piperazine rings is 1. The third kappa shape index (κ3) is 5.56. The van der Waals surface area contributed by atoms with Crippen LogP contribution in [-0.4, -0.2) is 65.9 Å². The minimum atomic E-state index is -0.305. The van der Waals surface area contributed by atoms with Gasteiger partial charge in [-0.2, -0.15) is 0 Å². The van der Waals surface area contributed by atoms with Crippen LogP contribution in [0.1, 0.15) is 39.8 Å². The van der Waals surface area contributed by atoms with Crippen molar-refractivity contribution < 1.29 is 18.4 Å². The van der Waals surface area contributed by atoms with Crippen LogP contribution in [0.5, 0.6) is 0 Å². The van der Waals surface area contributed by atoms with Gasteiger partial charge >= 0.3 is 0 Å². The maximum Gasteiger partial charge on any atom is 0.273 e. The summed E-state index contributed by atoms with van der Waals surface area (Å²) in [5, 5.41) is 2.80. The second-order valence-corrected chi connectivity index (χ2v) is 10.2. The van der Waals surface area contributed by atoms with E-state index in [1.54, 1.807) is 24.3 Å². The smallest absolute Gasteiger partial charge is 0.273 e. The molecule has 0 aliphatic carbocycles. The molecule has 3 heterocycles. The number of nitrogens with zero attached hydrogens (tertiary/aromatic N) is 4. The van der Waals surface area contributed by atoms with Gasteiger partial charge in [-0.15, -0.1) is 11.3 Å². The Morgan fingerprint density at radius 2 is 1.44 bits per heavy atom. The second kappa shape index (κ2) is 10.7. The lowest BCUT2D eigenvalue weighted by Gasteiger charge is -2.35. The lowest BCUT2D eigenvalue weighted by Crippen LogP contribution is -2.48. The van der Waals surface area contributed by atoms with Crippen LogP contribution >= 0.6 is 11.3 Å². The third-order valence-corrected chi connectivity index (χ3v) is 7.97. The summed E-state index contributed by atoms with van der Waals surface area (Å²) in [6.07, 6.45) is 1.90. The fourth-order valence-electron chi connectivity index (χ4n) is 4.82. The fraction of sp³-hybridized carbons (Fsp3) is 0.370. The molecule has 1 aromatic heterocycles. The number of hydrogen-bond donors (Lipinski definition) is 0. The molecule has 188 valence electrons. The Bertz CT molecular complexity index is 1200. The molecule has 9 heteroatoms. The molecule has 6 nitrogen and oxygen atoms in total. The van der Waals surface area contributed by atoms with Crippen LogP contribution in [0.3, 0.4) is 0 Å². The van der Waals surface area contributed by atoms with E-state index in [1.807, 2.05) is 15.2 Å². The van der Waals surface area contributed by atoms with E-state index in [0.717, 1.165) is 29.1 Å². The summed E-state index contributed by atoms with van der Waals surface area (Å²) in [7, 11) is 0. The molecule has 0 spiro atoms. The number of aromatic nitrogens is 1. The van der Waals surface area contributed by atoms with E-state index in [-0.39, 0.29) is 35.8 Å². The van der Waals surface area contributed by atoms with Gasteiger partial charge in [0.25, 0.3) is 5.91 Å². The SMILES string of the molecule is O=C(Cc1ccc(F)cc1)N1CCC(c2nc(C(=O)N3CCN(c4ccc(F)cc4)CC3)cs2)CC1. The van der Waals surface area contributed by atoms with Gasteiger partial charge in [0, 0.05) is 56.3 Å². The van der Waals surface area contributed by atoms with Crippen LogP contribution < -0.4 is 4.90 Å². The van der Waals surface area contributed by atoms with Gasteiger partial charge in [0.1, 0.15) is 17.3 Å². The molecule has 2 amide bonds. The van der Waals surface area contributed by atoms with Crippen LogP contribution in [-0.2, 0) is 11.2 Å². The minimum absolute atomic E-state index is 0.0508. The van der Waals surface area contributed by atoms with E-state index >= 15 is 0 Å². The van der Waals surface area contributed by atoms with Gasteiger partial charge < -0.3 is 14.7 Å². The van der Waals surface area contributed by atoms with Crippen molar-refractivity contribution in [2.24, 2.45) is 0 Å². The Kier molecular flexibility index (Phi) is 7.27. The van der Waals surface area contributed by atoms with Crippen molar-refractivity contribution in [1.82, 2.24) is 14.8 Å². The van der Waals surface area contributed by atoms with Crippen LogP contribution in [0.25, 0.3) is 0 Å². The predicted octanol–water partition coefficient (Wildman–Crippen LogP) is 4.33. The first-order valence-electron chi connectivity index (χ1n) is 12.2. The summed E-state index contributed by atoms with van der Waals surface area (Å²) in [6, 6.07) is 12.5. The molecular formula is C27H28F2N4O2S. The van der Waals surface area contributed by atoms with Crippen molar-refractivity contribution in [1.29, 1.82) is 0 Å². The highest BCUT2D eigenvalue weighted by molar-refractivity contribution is 7.09. The molecule has 2 saturated heterocycles. The molecular weight excluding hydrogens is 482 g/mol. The van der Waals surface area contributed by atoms with Gasteiger partial charge in [-0.25, -0.2) is 13.8 Å². The lowest BCUT2D eigenvalue weighted by atomic mass is 9.97. The predicted molar refractivity (Wildman–Crippen MR) is 135 cm³/mol. The highest BCUT2D eigenvalue weighted by Gasteiger charge is 2.28. The number of thiazole rings is 1. The summed E-state index contributed by atoms with van der Waals surface area (Å²) in [4.78, 5) is 36.2. The molecule has 0 bridgehead atoms. The van der Waals surface area contributed by atoms with Gasteiger partial charge in [-0.05, 0) is 54.8 Å². The molecule has 3 aromatic rings. The number of hydrogen-bond acceptors (Lipinski definition) is 5. The molecule has 0 radical (unpaired) electrons. The summed E-state index contributed by atoms with van der Waals surface area (Å²) < 4.78 is 26.3. The van der Waals surface area contributed by atoms with Gasteiger partial charge in [0.15, 0.2) is 0 Å². The summed E-state index contributed by atoms with van der Waals surface area (Å²) >= 11 is 1.52. The molecule has 2 aliphatic rings. The van der Waals surface area contributed by atoms with Crippen LogP contribution in [0.2, 0.25) is 0 Å². The Morgan fingerprint density at radius 3 is 2.08 bits per heavy atom. The van der Waals surface area contributed by atoms with Crippen LogP contribution in [0.15, 0.2) is 53.9 Å². The minimum Gasteiger partial charge on any atom is -0.368 e. The number of benzene rings is 2. The zero-order valence-electron chi connectivity index (χ0n) is 19.9. The highest BCUT2D eigenvalue weighted by Crippen LogP contribution is 2.31. The molecule has 2 aliphatic heterocycles. The number of halogens is 2. The highest BCUT2D eigenvalue weighted by atomic mass is 32.1.